The lowest BCUT2D eigenvalue weighted by molar-refractivity contribution is -0.137. The van der Waals surface area contributed by atoms with Crippen molar-refractivity contribution >= 4 is 5.84 Å². The largest absolute Gasteiger partial charge is 0.491 e. The van der Waals surface area contributed by atoms with Crippen molar-refractivity contribution in [1.29, 1.82) is 5.41 Å². The maximum absolute atomic E-state index is 12.7. The van der Waals surface area contributed by atoms with Crippen LogP contribution in [0.2, 0.25) is 0 Å². The van der Waals surface area contributed by atoms with Crippen molar-refractivity contribution in [3.05, 3.63) is 29.3 Å². The van der Waals surface area contributed by atoms with Crippen LogP contribution in [-0.2, 0) is 6.18 Å². The third-order valence-electron chi connectivity index (χ3n) is 3.16. The van der Waals surface area contributed by atoms with E-state index in [0.29, 0.717) is 13.2 Å². The van der Waals surface area contributed by atoms with E-state index >= 15 is 0 Å². The van der Waals surface area contributed by atoms with Crippen LogP contribution in [0.1, 0.15) is 25.0 Å². The predicted molar refractivity (Wildman–Crippen MR) is 75.7 cm³/mol. The normalized spacial score (nSPS) is 11.7. The molecule has 118 valence electrons. The van der Waals surface area contributed by atoms with Crippen molar-refractivity contribution in [2.24, 2.45) is 5.73 Å². The predicted octanol–water partition coefficient (Wildman–Crippen LogP) is 2.71. The first-order valence-corrected chi connectivity index (χ1v) is 6.70. The molecule has 0 aromatic heterocycles. The minimum atomic E-state index is -4.47. The second-order valence-corrected chi connectivity index (χ2v) is 4.50. The van der Waals surface area contributed by atoms with Gasteiger partial charge in [-0.05, 0) is 31.3 Å². The van der Waals surface area contributed by atoms with E-state index in [-0.39, 0.29) is 11.3 Å². The van der Waals surface area contributed by atoms with Gasteiger partial charge < -0.3 is 15.4 Å². The SMILES string of the molecule is CCN(CC)CCOc1ccc(C(F)(F)F)cc1C(=N)N. The lowest BCUT2D eigenvalue weighted by Crippen LogP contribution is -2.28. The number of hydrogen-bond donors (Lipinski definition) is 2. The molecule has 1 rings (SSSR count). The van der Waals surface area contributed by atoms with E-state index in [1.54, 1.807) is 0 Å². The van der Waals surface area contributed by atoms with Crippen molar-refractivity contribution in [2.45, 2.75) is 20.0 Å². The maximum atomic E-state index is 12.7. The summed E-state index contributed by atoms with van der Waals surface area (Å²) in [7, 11) is 0. The van der Waals surface area contributed by atoms with Gasteiger partial charge in [0.05, 0.1) is 11.1 Å². The van der Waals surface area contributed by atoms with Crippen LogP contribution < -0.4 is 10.5 Å². The summed E-state index contributed by atoms with van der Waals surface area (Å²) in [6, 6.07) is 2.98. The average Bonchev–Trinajstić information content (AvgIpc) is 2.42. The first-order valence-electron chi connectivity index (χ1n) is 6.70. The van der Waals surface area contributed by atoms with Gasteiger partial charge in [-0.15, -0.1) is 0 Å². The lowest BCUT2D eigenvalue weighted by Gasteiger charge is -2.19. The molecule has 4 nitrogen and oxygen atoms in total. The topological polar surface area (TPSA) is 62.3 Å². The molecular weight excluding hydrogens is 283 g/mol. The quantitative estimate of drug-likeness (QED) is 0.601. The molecule has 7 heteroatoms. The van der Waals surface area contributed by atoms with Crippen LogP contribution in [0.25, 0.3) is 0 Å². The molecule has 0 aliphatic heterocycles. The molecule has 21 heavy (non-hydrogen) atoms. The van der Waals surface area contributed by atoms with Gasteiger partial charge in [0.25, 0.3) is 0 Å². The fourth-order valence-corrected chi connectivity index (χ4v) is 1.87. The highest BCUT2D eigenvalue weighted by molar-refractivity contribution is 5.97. The maximum Gasteiger partial charge on any atom is 0.416 e. The van der Waals surface area contributed by atoms with Crippen LogP contribution in [0.3, 0.4) is 0 Å². The van der Waals surface area contributed by atoms with Crippen LogP contribution in [0.5, 0.6) is 5.75 Å². The first kappa shape index (κ1) is 17.3. The molecule has 3 N–H and O–H groups in total. The van der Waals surface area contributed by atoms with Gasteiger partial charge in [-0.1, -0.05) is 13.8 Å². The Morgan fingerprint density at radius 2 is 1.90 bits per heavy atom. The van der Waals surface area contributed by atoms with E-state index in [2.05, 4.69) is 4.90 Å². The molecule has 1 aromatic carbocycles. The number of nitrogens with one attached hydrogen (secondary N) is 1. The van der Waals surface area contributed by atoms with Crippen LogP contribution in [0.15, 0.2) is 18.2 Å². The molecule has 0 aliphatic rings. The van der Waals surface area contributed by atoms with Crippen molar-refractivity contribution in [2.75, 3.05) is 26.2 Å². The van der Waals surface area contributed by atoms with Crippen molar-refractivity contribution in [3.8, 4) is 5.75 Å². The Balaban J connectivity index is 2.85. The minimum Gasteiger partial charge on any atom is -0.491 e. The number of alkyl halides is 3. The van der Waals surface area contributed by atoms with Crippen molar-refractivity contribution in [3.63, 3.8) is 0 Å². The highest BCUT2D eigenvalue weighted by atomic mass is 19.4. The van der Waals surface area contributed by atoms with E-state index in [1.807, 2.05) is 13.8 Å². The second kappa shape index (κ2) is 7.31. The van der Waals surface area contributed by atoms with Crippen LogP contribution in [-0.4, -0.2) is 37.0 Å². The zero-order chi connectivity index (χ0) is 16.0. The number of rotatable bonds is 7. The zero-order valence-electron chi connectivity index (χ0n) is 12.1. The Morgan fingerprint density at radius 1 is 1.29 bits per heavy atom. The molecular formula is C14H20F3N3O. The van der Waals surface area contributed by atoms with E-state index in [1.165, 1.54) is 6.07 Å². The standard InChI is InChI=1S/C14H20F3N3O/c1-3-20(4-2)7-8-21-12-6-5-10(14(15,16)17)9-11(12)13(18)19/h5-6,9H,3-4,7-8H2,1-2H3,(H3,18,19). The fraction of sp³-hybridized carbons (Fsp3) is 0.500. The Labute approximate surface area is 122 Å². The highest BCUT2D eigenvalue weighted by Gasteiger charge is 2.31. The van der Waals surface area contributed by atoms with Gasteiger partial charge in [0.2, 0.25) is 0 Å². The molecule has 0 saturated carbocycles. The third-order valence-corrected chi connectivity index (χ3v) is 3.16. The fourth-order valence-electron chi connectivity index (χ4n) is 1.87. The summed E-state index contributed by atoms with van der Waals surface area (Å²) in [5, 5.41) is 7.39. The van der Waals surface area contributed by atoms with Crippen molar-refractivity contribution in [1.82, 2.24) is 4.90 Å². The van der Waals surface area contributed by atoms with E-state index in [4.69, 9.17) is 15.9 Å². The van der Waals surface area contributed by atoms with Crippen LogP contribution in [0.4, 0.5) is 13.2 Å². The molecule has 1 aromatic rings. The molecule has 0 saturated heterocycles. The number of benzene rings is 1. The lowest BCUT2D eigenvalue weighted by atomic mass is 10.1. The van der Waals surface area contributed by atoms with Gasteiger partial charge in [0, 0.05) is 6.54 Å². The number of halogens is 3. The molecule has 0 heterocycles. The van der Waals surface area contributed by atoms with Gasteiger partial charge in [-0.2, -0.15) is 13.2 Å². The Morgan fingerprint density at radius 3 is 2.38 bits per heavy atom. The average molecular weight is 303 g/mol. The molecule has 0 fully saturated rings. The van der Waals surface area contributed by atoms with Gasteiger partial charge in [0.1, 0.15) is 18.2 Å². The van der Waals surface area contributed by atoms with Crippen molar-refractivity contribution < 1.29 is 17.9 Å². The molecule has 0 bridgehead atoms. The summed E-state index contributed by atoms with van der Waals surface area (Å²) in [4.78, 5) is 2.12. The van der Waals surface area contributed by atoms with Crippen LogP contribution in [0, 0.1) is 5.41 Å². The number of hydrogen-bond acceptors (Lipinski definition) is 3. The van der Waals surface area contributed by atoms with E-state index in [9.17, 15) is 13.2 Å². The Hall–Kier alpha value is -1.76. The summed E-state index contributed by atoms with van der Waals surface area (Å²) < 4.78 is 43.4. The van der Waals surface area contributed by atoms with E-state index < -0.39 is 17.6 Å². The summed E-state index contributed by atoms with van der Waals surface area (Å²) in [5.41, 5.74) is 4.45. The summed E-state index contributed by atoms with van der Waals surface area (Å²) in [5.74, 6) is -0.249. The molecule has 0 spiro atoms. The summed E-state index contributed by atoms with van der Waals surface area (Å²) >= 11 is 0. The monoisotopic (exact) mass is 303 g/mol. The van der Waals surface area contributed by atoms with E-state index in [0.717, 1.165) is 25.2 Å². The summed E-state index contributed by atoms with van der Waals surface area (Å²) in [6.07, 6.45) is -4.47. The molecule has 0 radical (unpaired) electrons. The molecule has 0 amide bonds. The number of nitrogens with two attached hydrogens (primary N) is 1. The minimum absolute atomic E-state index is 0.0376. The van der Waals surface area contributed by atoms with Gasteiger partial charge in [-0.25, -0.2) is 0 Å². The first-order chi connectivity index (χ1) is 9.79. The van der Waals surface area contributed by atoms with Crippen LogP contribution >= 0.6 is 0 Å². The number of nitrogen functional groups attached to an aromatic ring is 1. The Kier molecular flexibility index (Phi) is 6.02. The summed E-state index contributed by atoms with van der Waals surface area (Å²) in [6.45, 7) is 6.75. The number of ether oxygens (including phenoxy) is 1. The van der Waals surface area contributed by atoms with Gasteiger partial charge in [-0.3, -0.25) is 5.41 Å². The molecule has 0 aliphatic carbocycles. The zero-order valence-corrected chi connectivity index (χ0v) is 12.1. The smallest absolute Gasteiger partial charge is 0.416 e. The third kappa shape index (κ3) is 4.93. The molecule has 0 unspecified atom stereocenters. The number of amidine groups is 1. The second-order valence-electron chi connectivity index (χ2n) is 4.50. The van der Waals surface area contributed by atoms with Gasteiger partial charge >= 0.3 is 6.18 Å². The molecule has 0 atom stereocenters. The van der Waals surface area contributed by atoms with Gasteiger partial charge in [0.15, 0.2) is 0 Å². The number of nitrogens with zero attached hydrogens (tertiary/aromatic N) is 1. The number of likely N-dealkylation sites (N-methyl/N-ethyl adjacent to an activating group) is 1. The Bertz CT molecular complexity index is 485. The highest BCUT2D eigenvalue weighted by Crippen LogP contribution is 2.32.